The highest BCUT2D eigenvalue weighted by molar-refractivity contribution is 5.97. The largest absolute Gasteiger partial charge is 0.492 e. The van der Waals surface area contributed by atoms with Crippen molar-refractivity contribution in [3.63, 3.8) is 0 Å². The van der Waals surface area contributed by atoms with E-state index in [1.165, 1.54) is 0 Å². The number of nitrogens with one attached hydrogen (secondary N) is 1. The van der Waals surface area contributed by atoms with Gasteiger partial charge in [-0.3, -0.25) is 9.36 Å². The summed E-state index contributed by atoms with van der Waals surface area (Å²) in [6.45, 7) is 17.2. The average Bonchev–Trinajstić information content (AvgIpc) is 3.44. The first kappa shape index (κ1) is 26.0. The van der Waals surface area contributed by atoms with Crippen LogP contribution in [0, 0.1) is 0 Å². The first-order chi connectivity index (χ1) is 18.2. The second-order valence-electron chi connectivity index (χ2n) is 11.0. The van der Waals surface area contributed by atoms with Gasteiger partial charge < -0.3 is 19.5 Å². The van der Waals surface area contributed by atoms with Crippen molar-refractivity contribution in [3.05, 3.63) is 65.1 Å². The van der Waals surface area contributed by atoms with E-state index in [0.717, 1.165) is 58.9 Å². The first-order valence-electron chi connectivity index (χ1n) is 13.7. The number of aromatic amines is 1. The predicted octanol–water partition coefficient (Wildman–Crippen LogP) is 5.79. The van der Waals surface area contributed by atoms with Gasteiger partial charge in [-0.25, -0.2) is 4.98 Å². The van der Waals surface area contributed by atoms with Crippen LogP contribution >= 0.6 is 0 Å². The molecule has 1 aliphatic heterocycles. The molecule has 7 nitrogen and oxygen atoms in total. The van der Waals surface area contributed by atoms with Crippen molar-refractivity contribution < 1.29 is 4.74 Å². The van der Waals surface area contributed by atoms with Crippen LogP contribution in [0.5, 0.6) is 5.75 Å². The molecule has 0 saturated carbocycles. The third-order valence-electron chi connectivity index (χ3n) is 7.61. The Hall–Kier alpha value is -3.58. The second kappa shape index (κ2) is 10.3. The van der Waals surface area contributed by atoms with Gasteiger partial charge >= 0.3 is 0 Å². The Bertz CT molecular complexity index is 1500. The van der Waals surface area contributed by atoms with Crippen LogP contribution in [0.1, 0.15) is 41.5 Å². The number of fused-ring (bicyclic) bond motifs is 2. The van der Waals surface area contributed by atoms with E-state index in [1.807, 2.05) is 18.3 Å². The fourth-order valence-electron chi connectivity index (χ4n) is 5.74. The van der Waals surface area contributed by atoms with Gasteiger partial charge in [0.15, 0.2) is 0 Å². The molecule has 0 atom stereocenters. The fraction of sp³-hybridized carbons (Fsp3) is 0.419. The van der Waals surface area contributed by atoms with Crippen LogP contribution in [-0.2, 0) is 6.54 Å². The van der Waals surface area contributed by atoms with E-state index < -0.39 is 0 Å². The molecule has 4 aromatic rings. The summed E-state index contributed by atoms with van der Waals surface area (Å²) in [5.74, 6) is 1.61. The molecule has 0 amide bonds. The van der Waals surface area contributed by atoms with Gasteiger partial charge in [-0.1, -0.05) is 32.0 Å². The lowest BCUT2D eigenvalue weighted by Crippen LogP contribution is -2.45. The molecule has 3 heterocycles. The number of hydrogen-bond donors (Lipinski definition) is 1. The Morgan fingerprint density at radius 2 is 1.84 bits per heavy atom. The zero-order chi connectivity index (χ0) is 27.0. The number of likely N-dealkylation sites (N-methyl/N-ethyl adjacent to an activating group) is 1. The summed E-state index contributed by atoms with van der Waals surface area (Å²) in [5.41, 5.74) is 4.64. The molecule has 2 aromatic heterocycles. The summed E-state index contributed by atoms with van der Waals surface area (Å²) in [5, 5.41) is 1.04. The maximum absolute atomic E-state index is 13.2. The van der Waals surface area contributed by atoms with Gasteiger partial charge in [-0.15, -0.1) is 0 Å². The predicted molar refractivity (Wildman–Crippen MR) is 156 cm³/mol. The topological polar surface area (TPSA) is 66.4 Å². The third-order valence-corrected chi connectivity index (χ3v) is 7.61. The van der Waals surface area contributed by atoms with Gasteiger partial charge in [-0.05, 0) is 76.2 Å². The van der Waals surface area contributed by atoms with Crippen molar-refractivity contribution in [3.8, 4) is 28.1 Å². The normalized spacial score (nSPS) is 14.6. The minimum Gasteiger partial charge on any atom is -0.492 e. The fourth-order valence-corrected chi connectivity index (χ4v) is 5.74. The first-order valence-corrected chi connectivity index (χ1v) is 13.7. The zero-order valence-corrected chi connectivity index (χ0v) is 23.4. The molecule has 0 saturated heterocycles. The van der Waals surface area contributed by atoms with E-state index >= 15 is 0 Å². The van der Waals surface area contributed by atoms with Gasteiger partial charge in [0.05, 0.1) is 17.8 Å². The monoisotopic (exact) mass is 513 g/mol. The molecule has 200 valence electrons. The SMILES string of the molecule is CCN(CC)CCOc1cccc(-c2ccc3[nH]cc(-c4cc(=O)n5c(n4)N(C(C)C)C(C)(C)C5)c3c2)c1. The van der Waals surface area contributed by atoms with Gasteiger partial charge in [0, 0.05) is 41.3 Å². The van der Waals surface area contributed by atoms with Crippen LogP contribution < -0.4 is 15.2 Å². The highest BCUT2D eigenvalue weighted by atomic mass is 16.5. The lowest BCUT2D eigenvalue weighted by Gasteiger charge is -2.35. The van der Waals surface area contributed by atoms with Crippen molar-refractivity contribution >= 4 is 16.9 Å². The quantitative estimate of drug-likeness (QED) is 0.307. The Morgan fingerprint density at radius 1 is 1.08 bits per heavy atom. The number of benzene rings is 2. The van der Waals surface area contributed by atoms with Gasteiger partial charge in [0.2, 0.25) is 5.95 Å². The molecule has 2 aromatic carbocycles. The smallest absolute Gasteiger partial charge is 0.255 e. The molecule has 5 rings (SSSR count). The molecule has 1 N–H and O–H groups in total. The molecule has 0 radical (unpaired) electrons. The maximum atomic E-state index is 13.2. The number of aromatic nitrogens is 3. The van der Waals surface area contributed by atoms with Crippen LogP contribution in [0.3, 0.4) is 0 Å². The Kier molecular flexibility index (Phi) is 7.05. The van der Waals surface area contributed by atoms with Crippen molar-refractivity contribution in [2.24, 2.45) is 0 Å². The lowest BCUT2D eigenvalue weighted by atomic mass is 10.0. The van der Waals surface area contributed by atoms with Crippen molar-refractivity contribution in [1.82, 2.24) is 19.4 Å². The third kappa shape index (κ3) is 4.83. The van der Waals surface area contributed by atoms with Crippen LogP contribution in [-0.4, -0.2) is 57.3 Å². The number of nitrogens with zero attached hydrogens (tertiary/aromatic N) is 4. The van der Waals surface area contributed by atoms with Gasteiger partial charge in [0.1, 0.15) is 12.4 Å². The standard InChI is InChI=1S/C31H39N5O2/c1-7-34(8-2)14-15-38-24-11-9-10-22(16-24)23-12-13-27-25(17-23)26(19-32-27)28-18-29(37)35-20-31(5,6)36(21(3)4)30(35)33-28/h9-13,16-19,21,32H,7-8,14-15,20H2,1-6H3. The minimum atomic E-state index is -0.169. The van der Waals surface area contributed by atoms with Crippen LogP contribution in [0.25, 0.3) is 33.3 Å². The summed E-state index contributed by atoms with van der Waals surface area (Å²) >= 11 is 0. The summed E-state index contributed by atoms with van der Waals surface area (Å²) in [6.07, 6.45) is 1.96. The van der Waals surface area contributed by atoms with Gasteiger partial charge in [0.25, 0.3) is 5.56 Å². The number of anilines is 1. The van der Waals surface area contributed by atoms with Crippen molar-refractivity contribution in [1.29, 1.82) is 0 Å². The van der Waals surface area contributed by atoms with Crippen molar-refractivity contribution in [2.75, 3.05) is 31.1 Å². The average molecular weight is 514 g/mol. The molecule has 0 bridgehead atoms. The molecule has 0 fully saturated rings. The van der Waals surface area contributed by atoms with E-state index in [0.29, 0.717) is 18.8 Å². The van der Waals surface area contributed by atoms with Gasteiger partial charge in [-0.2, -0.15) is 0 Å². The molecule has 7 heteroatoms. The summed E-state index contributed by atoms with van der Waals surface area (Å²) in [4.78, 5) is 26.2. The Morgan fingerprint density at radius 3 is 2.58 bits per heavy atom. The van der Waals surface area contributed by atoms with E-state index in [4.69, 9.17) is 9.72 Å². The molecule has 38 heavy (non-hydrogen) atoms. The summed E-state index contributed by atoms with van der Waals surface area (Å²) < 4.78 is 7.87. The highest BCUT2D eigenvalue weighted by Gasteiger charge is 2.39. The molecular formula is C31H39N5O2. The second-order valence-corrected chi connectivity index (χ2v) is 11.0. The zero-order valence-electron chi connectivity index (χ0n) is 23.4. The number of rotatable bonds is 9. The molecule has 1 aliphatic rings. The number of ether oxygens (including phenoxy) is 1. The molecule has 0 aliphatic carbocycles. The Labute approximate surface area is 225 Å². The lowest BCUT2D eigenvalue weighted by molar-refractivity contribution is 0.223. The molecular weight excluding hydrogens is 474 g/mol. The Balaban J connectivity index is 1.48. The highest BCUT2D eigenvalue weighted by Crippen LogP contribution is 2.36. The number of H-pyrrole nitrogens is 1. The minimum absolute atomic E-state index is 0.0127. The molecule has 0 unspecified atom stereocenters. The van der Waals surface area contributed by atoms with E-state index in [1.54, 1.807) is 10.6 Å². The maximum Gasteiger partial charge on any atom is 0.255 e. The van der Waals surface area contributed by atoms with E-state index in [9.17, 15) is 4.79 Å². The van der Waals surface area contributed by atoms with Crippen LogP contribution in [0.15, 0.2) is 59.5 Å². The van der Waals surface area contributed by atoms with E-state index in [2.05, 4.69) is 86.7 Å². The van der Waals surface area contributed by atoms with Crippen molar-refractivity contribution in [2.45, 2.75) is 59.7 Å². The van der Waals surface area contributed by atoms with E-state index in [-0.39, 0.29) is 17.1 Å². The number of hydrogen-bond acceptors (Lipinski definition) is 5. The summed E-state index contributed by atoms with van der Waals surface area (Å²) in [6, 6.07) is 16.5. The summed E-state index contributed by atoms with van der Waals surface area (Å²) in [7, 11) is 0. The van der Waals surface area contributed by atoms with Crippen LogP contribution in [0.2, 0.25) is 0 Å². The molecule has 0 spiro atoms. The van der Waals surface area contributed by atoms with Crippen LogP contribution in [0.4, 0.5) is 5.95 Å².